The topological polar surface area (TPSA) is 75.6 Å². The lowest BCUT2D eigenvalue weighted by Gasteiger charge is -2.08. The second-order valence-corrected chi connectivity index (χ2v) is 5.46. The highest BCUT2D eigenvalue weighted by molar-refractivity contribution is 7.90. The molecule has 0 fully saturated rings. The molecule has 0 aliphatic carbocycles. The van der Waals surface area contributed by atoms with Crippen LogP contribution in [-0.2, 0) is 14.8 Å². The minimum atomic E-state index is -3.49. The maximum Gasteiger partial charge on any atom is 0.218 e. The average Bonchev–Trinajstić information content (AvgIpc) is 1.99. The first-order chi connectivity index (χ1) is 6.76. The third-order valence-electron chi connectivity index (χ3n) is 1.60. The molecule has 5 nitrogen and oxygen atoms in total. The molecule has 0 aliphatic rings. The number of hydrogen-bond acceptors (Lipinski definition) is 4. The smallest absolute Gasteiger partial charge is 0.218 e. The number of rotatable bonds is 6. The molecular weight excluding hydrogens is 216 g/mol. The minimum absolute atomic E-state index is 0.0928. The van der Waals surface area contributed by atoms with E-state index in [0.29, 0.717) is 5.71 Å². The molecule has 0 aromatic heterocycles. The highest BCUT2D eigenvalue weighted by atomic mass is 32.2. The summed E-state index contributed by atoms with van der Waals surface area (Å²) >= 11 is 0. The van der Waals surface area contributed by atoms with Gasteiger partial charge < -0.3 is 0 Å². The van der Waals surface area contributed by atoms with E-state index in [2.05, 4.69) is 9.71 Å². The summed E-state index contributed by atoms with van der Waals surface area (Å²) in [4.78, 5) is 15.1. The fourth-order valence-electron chi connectivity index (χ4n) is 1.03. The van der Waals surface area contributed by atoms with Gasteiger partial charge in [0.05, 0.1) is 0 Å². The van der Waals surface area contributed by atoms with Crippen LogP contribution in [0.5, 0.6) is 0 Å². The molecule has 0 saturated heterocycles. The van der Waals surface area contributed by atoms with Crippen molar-refractivity contribution in [3.05, 3.63) is 0 Å². The second-order valence-electron chi connectivity index (χ2n) is 3.71. The van der Waals surface area contributed by atoms with Crippen LogP contribution in [0.2, 0.25) is 0 Å². The van der Waals surface area contributed by atoms with Gasteiger partial charge in [0.2, 0.25) is 10.0 Å². The van der Waals surface area contributed by atoms with Gasteiger partial charge in [-0.05, 0) is 20.8 Å². The lowest BCUT2D eigenvalue weighted by Crippen LogP contribution is -2.35. The Morgan fingerprint density at radius 3 is 2.33 bits per heavy atom. The second kappa shape index (κ2) is 5.97. The van der Waals surface area contributed by atoms with Crippen molar-refractivity contribution in [3.8, 4) is 0 Å². The first kappa shape index (κ1) is 14.2. The predicted molar refractivity (Wildman–Crippen MR) is 60.7 cm³/mol. The van der Waals surface area contributed by atoms with Crippen molar-refractivity contribution in [1.82, 2.24) is 4.72 Å². The van der Waals surface area contributed by atoms with Crippen molar-refractivity contribution in [3.63, 3.8) is 0 Å². The summed E-state index contributed by atoms with van der Waals surface area (Å²) in [6, 6.07) is -0.191. The summed E-state index contributed by atoms with van der Waals surface area (Å²) in [5.74, 6) is -0.816. The molecule has 0 heterocycles. The van der Waals surface area contributed by atoms with Crippen LogP contribution in [0.4, 0.5) is 0 Å². The van der Waals surface area contributed by atoms with Gasteiger partial charge in [0.25, 0.3) is 0 Å². The molecular formula is C9H18N2O3S. The van der Waals surface area contributed by atoms with Gasteiger partial charge in [-0.1, -0.05) is 0 Å². The third-order valence-corrected chi connectivity index (χ3v) is 3.13. The standard InChI is InChI=1S/C9H18N2O3S/c1-7(2)11-15(13,14)6-9(12)5-8(3)10-4/h7,11H,5-6H2,1-4H3. The van der Waals surface area contributed by atoms with Crippen molar-refractivity contribution in [2.75, 3.05) is 12.8 Å². The van der Waals surface area contributed by atoms with E-state index in [1.54, 1.807) is 27.8 Å². The molecule has 0 aromatic rings. The fourth-order valence-corrected chi connectivity index (χ4v) is 2.36. The molecule has 15 heavy (non-hydrogen) atoms. The maximum absolute atomic E-state index is 11.3. The van der Waals surface area contributed by atoms with E-state index in [1.807, 2.05) is 0 Å². The van der Waals surface area contributed by atoms with Crippen molar-refractivity contribution >= 4 is 21.5 Å². The number of carbonyl (C=O) groups excluding carboxylic acids is 1. The SMILES string of the molecule is CN=C(C)CC(=O)CS(=O)(=O)NC(C)C. The number of aliphatic imine (C=N–C) groups is 1. The number of carbonyl (C=O) groups is 1. The van der Waals surface area contributed by atoms with E-state index in [9.17, 15) is 13.2 Å². The van der Waals surface area contributed by atoms with Gasteiger partial charge in [0, 0.05) is 25.2 Å². The molecule has 0 unspecified atom stereocenters. The number of ketones is 1. The van der Waals surface area contributed by atoms with E-state index < -0.39 is 15.8 Å². The number of sulfonamides is 1. The Balaban J connectivity index is 4.29. The van der Waals surface area contributed by atoms with Crippen LogP contribution >= 0.6 is 0 Å². The van der Waals surface area contributed by atoms with Crippen molar-refractivity contribution in [2.45, 2.75) is 33.2 Å². The van der Waals surface area contributed by atoms with Crippen molar-refractivity contribution in [1.29, 1.82) is 0 Å². The molecule has 0 spiro atoms. The zero-order chi connectivity index (χ0) is 12.1. The number of nitrogens with zero attached hydrogens (tertiary/aromatic N) is 1. The van der Waals surface area contributed by atoms with E-state index in [1.165, 1.54) is 0 Å². The van der Waals surface area contributed by atoms with Crippen LogP contribution in [0.25, 0.3) is 0 Å². The van der Waals surface area contributed by atoms with Gasteiger partial charge in [0.15, 0.2) is 5.78 Å². The van der Waals surface area contributed by atoms with E-state index >= 15 is 0 Å². The normalized spacial score (nSPS) is 13.3. The van der Waals surface area contributed by atoms with Crippen LogP contribution in [0.1, 0.15) is 27.2 Å². The number of hydrogen-bond donors (Lipinski definition) is 1. The van der Waals surface area contributed by atoms with E-state index in [0.717, 1.165) is 0 Å². The van der Waals surface area contributed by atoms with Gasteiger partial charge in [-0.2, -0.15) is 0 Å². The van der Waals surface area contributed by atoms with Crippen LogP contribution in [0, 0.1) is 0 Å². The molecule has 0 aliphatic heterocycles. The quantitative estimate of drug-likeness (QED) is 0.674. The van der Waals surface area contributed by atoms with Gasteiger partial charge in [0.1, 0.15) is 5.75 Å². The fraction of sp³-hybridized carbons (Fsp3) is 0.778. The monoisotopic (exact) mass is 234 g/mol. The first-order valence-corrected chi connectivity index (χ1v) is 6.36. The Kier molecular flexibility index (Phi) is 5.67. The average molecular weight is 234 g/mol. The maximum atomic E-state index is 11.3. The summed E-state index contributed by atoms with van der Waals surface area (Å²) in [6.45, 7) is 5.11. The number of Topliss-reactive ketones (excluding diaryl/α,β-unsaturated/α-hetero) is 1. The summed E-state index contributed by atoms with van der Waals surface area (Å²) in [5.41, 5.74) is 0.639. The van der Waals surface area contributed by atoms with Crippen molar-refractivity contribution < 1.29 is 13.2 Å². The van der Waals surface area contributed by atoms with Gasteiger partial charge in [-0.15, -0.1) is 0 Å². The Morgan fingerprint density at radius 2 is 1.93 bits per heavy atom. The molecule has 0 aromatic carbocycles. The lowest BCUT2D eigenvalue weighted by molar-refractivity contribution is -0.115. The molecule has 0 radical (unpaired) electrons. The highest BCUT2D eigenvalue weighted by Crippen LogP contribution is 1.94. The van der Waals surface area contributed by atoms with Crippen LogP contribution in [0.15, 0.2) is 4.99 Å². The molecule has 0 bridgehead atoms. The van der Waals surface area contributed by atoms with E-state index in [4.69, 9.17) is 0 Å². The molecule has 88 valence electrons. The number of nitrogens with one attached hydrogen (secondary N) is 1. The Labute approximate surface area is 91.0 Å². The summed E-state index contributed by atoms with van der Waals surface area (Å²) in [6.07, 6.45) is 0.0928. The Morgan fingerprint density at radius 1 is 1.40 bits per heavy atom. The predicted octanol–water partition coefficient (Wildman–Crippen LogP) is 0.364. The first-order valence-electron chi connectivity index (χ1n) is 4.71. The van der Waals surface area contributed by atoms with Gasteiger partial charge in [-0.3, -0.25) is 9.79 Å². The summed E-state index contributed by atoms with van der Waals surface area (Å²) < 4.78 is 25.1. The highest BCUT2D eigenvalue weighted by Gasteiger charge is 2.17. The third kappa shape index (κ3) is 7.21. The summed E-state index contributed by atoms with van der Waals surface area (Å²) in [7, 11) is -1.92. The lowest BCUT2D eigenvalue weighted by atomic mass is 10.2. The molecule has 0 atom stereocenters. The van der Waals surface area contributed by atoms with Crippen molar-refractivity contribution in [2.24, 2.45) is 4.99 Å². The zero-order valence-electron chi connectivity index (χ0n) is 9.57. The summed E-state index contributed by atoms with van der Waals surface area (Å²) in [5, 5.41) is 0. The van der Waals surface area contributed by atoms with Gasteiger partial charge in [-0.25, -0.2) is 13.1 Å². The van der Waals surface area contributed by atoms with Gasteiger partial charge >= 0.3 is 0 Å². The van der Waals surface area contributed by atoms with Crippen LogP contribution < -0.4 is 4.72 Å². The Hall–Kier alpha value is -0.750. The molecule has 1 N–H and O–H groups in total. The largest absolute Gasteiger partial charge is 0.298 e. The Bertz CT molecular complexity index is 344. The molecule has 6 heteroatoms. The van der Waals surface area contributed by atoms with Crippen LogP contribution in [0.3, 0.4) is 0 Å². The molecule has 0 rings (SSSR count). The minimum Gasteiger partial charge on any atom is -0.298 e. The molecule has 0 saturated carbocycles. The van der Waals surface area contributed by atoms with E-state index in [-0.39, 0.29) is 18.2 Å². The van der Waals surface area contributed by atoms with Crippen LogP contribution in [-0.4, -0.2) is 38.8 Å². The zero-order valence-corrected chi connectivity index (χ0v) is 10.4. The molecule has 0 amide bonds.